The number of halogens is 1. The van der Waals surface area contributed by atoms with Crippen molar-refractivity contribution >= 4 is 29.1 Å². The molecule has 0 radical (unpaired) electrons. The first kappa shape index (κ1) is 15.4. The molecule has 0 atom stereocenters. The first-order valence-electron chi connectivity index (χ1n) is 5.22. The third kappa shape index (κ3) is 6.54. The second-order valence-electron chi connectivity index (χ2n) is 3.23. The predicted molar refractivity (Wildman–Crippen MR) is 83.4 cm³/mol. The highest BCUT2D eigenvalue weighted by Gasteiger charge is 1.76. The molecular weight excluding hydrogens is 272 g/mol. The third-order valence-corrected chi connectivity index (χ3v) is 2.07. The van der Waals surface area contributed by atoms with Crippen molar-refractivity contribution in [1.82, 2.24) is 0 Å². The summed E-state index contributed by atoms with van der Waals surface area (Å²) in [5.74, 6) is 0. The highest BCUT2D eigenvalue weighted by molar-refractivity contribution is 8.93. The van der Waals surface area contributed by atoms with Crippen LogP contribution in [0, 0.1) is 0 Å². The molecule has 0 bridgehead atoms. The molecule has 0 unspecified atom stereocenters. The fraction of sp³-hybridized carbons (Fsp3) is 0. The van der Waals surface area contributed by atoms with Gasteiger partial charge in [0.05, 0.1) is 0 Å². The molecule has 0 nitrogen and oxygen atoms in total. The fourth-order valence-electron chi connectivity index (χ4n) is 1.18. The van der Waals surface area contributed by atoms with Crippen LogP contribution in [-0.2, 0) is 0 Å². The second-order valence-corrected chi connectivity index (χ2v) is 3.23. The molecule has 2 aromatic rings. The summed E-state index contributed by atoms with van der Waals surface area (Å²) in [6, 6.07) is 20.1. The van der Waals surface area contributed by atoms with E-state index in [0.29, 0.717) is 0 Å². The van der Waals surface area contributed by atoms with Gasteiger partial charge in [-0.2, -0.15) is 0 Å². The van der Waals surface area contributed by atoms with Crippen molar-refractivity contribution in [1.29, 1.82) is 0 Å². The maximum Gasteiger partial charge on any atom is -0.0263 e. The molecule has 17 heavy (non-hydrogen) atoms. The summed E-state index contributed by atoms with van der Waals surface area (Å²) in [6.45, 7) is 7.26. The standard InChI is InChI=1S/2C8H8.BrH/c2*1-2-8-6-4-3-5-7-8;/h2*2-7H,1H2;1H. The molecule has 0 amide bonds. The van der Waals surface area contributed by atoms with Crippen LogP contribution < -0.4 is 0 Å². The molecule has 2 rings (SSSR count). The van der Waals surface area contributed by atoms with Crippen LogP contribution in [0.25, 0.3) is 12.2 Å². The Bertz CT molecular complexity index is 374. The molecule has 0 N–H and O–H groups in total. The molecule has 1 heteroatoms. The Morgan fingerprint density at radius 2 is 0.882 bits per heavy atom. The van der Waals surface area contributed by atoms with Crippen molar-refractivity contribution in [3.8, 4) is 0 Å². The summed E-state index contributed by atoms with van der Waals surface area (Å²) >= 11 is 0. The molecule has 0 aliphatic carbocycles. The molecule has 0 aromatic heterocycles. The molecule has 0 saturated carbocycles. The number of benzene rings is 2. The first-order valence-corrected chi connectivity index (χ1v) is 5.22. The Balaban J connectivity index is 0.000000284. The molecule has 0 heterocycles. The molecular formula is C16H17Br. The maximum absolute atomic E-state index is 3.63. The van der Waals surface area contributed by atoms with E-state index < -0.39 is 0 Å². The zero-order valence-electron chi connectivity index (χ0n) is 9.75. The van der Waals surface area contributed by atoms with E-state index >= 15 is 0 Å². The number of rotatable bonds is 2. The zero-order chi connectivity index (χ0) is 11.6. The van der Waals surface area contributed by atoms with Gasteiger partial charge in [-0.3, -0.25) is 0 Å². The van der Waals surface area contributed by atoms with Gasteiger partial charge in [0.15, 0.2) is 0 Å². The predicted octanol–water partition coefficient (Wildman–Crippen LogP) is 5.24. The zero-order valence-corrected chi connectivity index (χ0v) is 11.5. The summed E-state index contributed by atoms with van der Waals surface area (Å²) in [6.07, 6.45) is 3.67. The highest BCUT2D eigenvalue weighted by Crippen LogP contribution is 1.98. The van der Waals surface area contributed by atoms with Crippen molar-refractivity contribution in [3.63, 3.8) is 0 Å². The van der Waals surface area contributed by atoms with E-state index in [4.69, 9.17) is 0 Å². The highest BCUT2D eigenvalue weighted by atomic mass is 79.9. The Kier molecular flexibility index (Phi) is 8.71. The van der Waals surface area contributed by atoms with E-state index in [1.54, 1.807) is 0 Å². The maximum atomic E-state index is 3.63. The van der Waals surface area contributed by atoms with Crippen molar-refractivity contribution in [2.75, 3.05) is 0 Å². The van der Waals surface area contributed by atoms with E-state index in [9.17, 15) is 0 Å². The lowest BCUT2D eigenvalue weighted by atomic mass is 10.2. The van der Waals surface area contributed by atoms with Gasteiger partial charge in [-0.1, -0.05) is 86.0 Å². The molecule has 0 saturated heterocycles. The van der Waals surface area contributed by atoms with E-state index in [-0.39, 0.29) is 17.0 Å². The van der Waals surface area contributed by atoms with Gasteiger partial charge in [-0.25, -0.2) is 0 Å². The average molecular weight is 289 g/mol. The van der Waals surface area contributed by atoms with Gasteiger partial charge in [0.2, 0.25) is 0 Å². The van der Waals surface area contributed by atoms with Crippen molar-refractivity contribution < 1.29 is 0 Å². The lowest BCUT2D eigenvalue weighted by molar-refractivity contribution is 1.67. The molecule has 0 aliphatic rings. The van der Waals surface area contributed by atoms with Crippen LogP contribution in [0.5, 0.6) is 0 Å². The van der Waals surface area contributed by atoms with Gasteiger partial charge < -0.3 is 0 Å². The van der Waals surface area contributed by atoms with Gasteiger partial charge in [0, 0.05) is 0 Å². The van der Waals surface area contributed by atoms with Crippen LogP contribution in [0.3, 0.4) is 0 Å². The van der Waals surface area contributed by atoms with Gasteiger partial charge in [-0.15, -0.1) is 17.0 Å². The molecule has 0 spiro atoms. The van der Waals surface area contributed by atoms with E-state index in [1.807, 2.05) is 72.8 Å². The van der Waals surface area contributed by atoms with Crippen LogP contribution >= 0.6 is 17.0 Å². The fourth-order valence-corrected chi connectivity index (χ4v) is 1.18. The Hall–Kier alpha value is -1.60. The number of hydrogen-bond donors (Lipinski definition) is 0. The minimum atomic E-state index is 0. The topological polar surface area (TPSA) is 0 Å². The minimum Gasteiger partial charge on any atom is -0.114 e. The van der Waals surface area contributed by atoms with Crippen molar-refractivity contribution in [3.05, 3.63) is 84.9 Å². The summed E-state index contributed by atoms with van der Waals surface area (Å²) in [5, 5.41) is 0. The van der Waals surface area contributed by atoms with E-state index in [2.05, 4.69) is 13.2 Å². The van der Waals surface area contributed by atoms with Gasteiger partial charge in [-0.05, 0) is 11.1 Å². The quantitative estimate of drug-likeness (QED) is 0.709. The van der Waals surface area contributed by atoms with Crippen LogP contribution in [0.1, 0.15) is 11.1 Å². The van der Waals surface area contributed by atoms with Crippen molar-refractivity contribution in [2.24, 2.45) is 0 Å². The molecule has 88 valence electrons. The van der Waals surface area contributed by atoms with E-state index in [0.717, 1.165) is 0 Å². The molecule has 2 aromatic carbocycles. The Labute approximate surface area is 114 Å². The minimum absolute atomic E-state index is 0. The third-order valence-electron chi connectivity index (χ3n) is 2.07. The van der Waals surface area contributed by atoms with Crippen LogP contribution in [0.15, 0.2) is 73.8 Å². The van der Waals surface area contributed by atoms with Crippen LogP contribution in [0.4, 0.5) is 0 Å². The molecule has 0 fully saturated rings. The average Bonchev–Trinajstić information content (AvgIpc) is 2.41. The summed E-state index contributed by atoms with van der Waals surface area (Å²) in [7, 11) is 0. The van der Waals surface area contributed by atoms with Crippen LogP contribution in [-0.4, -0.2) is 0 Å². The Morgan fingerprint density at radius 3 is 1.06 bits per heavy atom. The summed E-state index contributed by atoms with van der Waals surface area (Å²) < 4.78 is 0. The van der Waals surface area contributed by atoms with Crippen molar-refractivity contribution in [2.45, 2.75) is 0 Å². The van der Waals surface area contributed by atoms with Gasteiger partial charge in [0.25, 0.3) is 0 Å². The van der Waals surface area contributed by atoms with E-state index in [1.165, 1.54) is 11.1 Å². The summed E-state index contributed by atoms with van der Waals surface area (Å²) in [5.41, 5.74) is 2.35. The van der Waals surface area contributed by atoms with Gasteiger partial charge >= 0.3 is 0 Å². The summed E-state index contributed by atoms with van der Waals surface area (Å²) in [4.78, 5) is 0. The number of hydrogen-bond acceptors (Lipinski definition) is 0. The lowest BCUT2D eigenvalue weighted by Gasteiger charge is -1.85. The smallest absolute Gasteiger partial charge is 0.0263 e. The largest absolute Gasteiger partial charge is 0.114 e. The van der Waals surface area contributed by atoms with Crippen LogP contribution in [0.2, 0.25) is 0 Å². The first-order chi connectivity index (χ1) is 7.86. The second kappa shape index (κ2) is 9.61. The SMILES string of the molecule is Br.C=Cc1ccccc1.C=Cc1ccccc1. The normalized spacial score (nSPS) is 8.00. The lowest BCUT2D eigenvalue weighted by Crippen LogP contribution is -1.63. The molecule has 0 aliphatic heterocycles. The Morgan fingerprint density at radius 1 is 0.588 bits per heavy atom. The monoisotopic (exact) mass is 288 g/mol. The van der Waals surface area contributed by atoms with Gasteiger partial charge in [0.1, 0.15) is 0 Å².